The Hall–Kier alpha value is -3.53. The van der Waals surface area contributed by atoms with E-state index in [0.29, 0.717) is 22.9 Å². The lowest BCUT2D eigenvalue weighted by molar-refractivity contribution is 0.146. The van der Waals surface area contributed by atoms with Gasteiger partial charge in [0, 0.05) is 18.8 Å². The van der Waals surface area contributed by atoms with Crippen molar-refractivity contribution < 1.29 is 8.78 Å². The van der Waals surface area contributed by atoms with Gasteiger partial charge in [-0.15, -0.1) is 0 Å². The smallest absolute Gasteiger partial charge is 0.282 e. The maximum absolute atomic E-state index is 13.0. The molecule has 0 spiro atoms. The number of alkyl halides is 2. The predicted molar refractivity (Wildman–Crippen MR) is 97.3 cm³/mol. The third-order valence-corrected chi connectivity index (χ3v) is 4.19. The second kappa shape index (κ2) is 6.65. The van der Waals surface area contributed by atoms with Crippen LogP contribution in [0.15, 0.2) is 48.7 Å². The summed E-state index contributed by atoms with van der Waals surface area (Å²) in [7, 11) is 1.87. The van der Waals surface area contributed by atoms with Gasteiger partial charge in [0.15, 0.2) is 11.5 Å². The van der Waals surface area contributed by atoms with Crippen LogP contribution >= 0.6 is 0 Å². The van der Waals surface area contributed by atoms with Crippen LogP contribution in [0.2, 0.25) is 0 Å². The van der Waals surface area contributed by atoms with Crippen molar-refractivity contribution in [2.24, 2.45) is 7.05 Å². The van der Waals surface area contributed by atoms with Crippen molar-refractivity contribution in [1.29, 1.82) is 0 Å². The summed E-state index contributed by atoms with van der Waals surface area (Å²) in [6.07, 6.45) is -0.726. The van der Waals surface area contributed by atoms with Crippen molar-refractivity contribution >= 4 is 5.65 Å². The van der Waals surface area contributed by atoms with Gasteiger partial charge in [-0.2, -0.15) is 5.10 Å². The summed E-state index contributed by atoms with van der Waals surface area (Å²) in [6, 6.07) is 13.1. The first-order valence-corrected chi connectivity index (χ1v) is 8.28. The second-order valence-electron chi connectivity index (χ2n) is 6.05. The lowest BCUT2D eigenvalue weighted by Crippen LogP contribution is -1.98. The highest BCUT2D eigenvalue weighted by Gasteiger charge is 2.17. The van der Waals surface area contributed by atoms with Crippen molar-refractivity contribution in [1.82, 2.24) is 24.1 Å². The Morgan fingerprint density at radius 2 is 1.78 bits per heavy atom. The first-order chi connectivity index (χ1) is 13.0. The molecule has 3 aromatic heterocycles. The molecule has 134 valence electrons. The van der Waals surface area contributed by atoms with Gasteiger partial charge in [0.05, 0.1) is 11.4 Å². The molecule has 0 amide bonds. The molecule has 0 unspecified atom stereocenters. The average molecular weight is 363 g/mol. The summed E-state index contributed by atoms with van der Waals surface area (Å²) in [4.78, 5) is 8.45. The van der Waals surface area contributed by atoms with Crippen molar-refractivity contribution in [3.05, 3.63) is 71.6 Å². The number of nitrogens with zero attached hydrogens (tertiary/aromatic N) is 5. The Morgan fingerprint density at radius 3 is 2.52 bits per heavy atom. The van der Waals surface area contributed by atoms with E-state index in [1.807, 2.05) is 48.1 Å². The molecule has 3 heterocycles. The van der Waals surface area contributed by atoms with Gasteiger partial charge in [-0.25, -0.2) is 23.3 Å². The highest BCUT2D eigenvalue weighted by molar-refractivity contribution is 5.59. The highest BCUT2D eigenvalue weighted by atomic mass is 19.3. The van der Waals surface area contributed by atoms with E-state index in [0.717, 1.165) is 11.3 Å². The molecule has 0 aliphatic heterocycles. The summed E-state index contributed by atoms with van der Waals surface area (Å²) < 4.78 is 29.2. The number of fused-ring (bicyclic) bond motifs is 1. The van der Waals surface area contributed by atoms with Gasteiger partial charge < -0.3 is 4.57 Å². The maximum Gasteiger partial charge on any atom is 0.282 e. The molecule has 0 radical (unpaired) electrons. The molecule has 5 nitrogen and oxygen atoms in total. The summed E-state index contributed by atoms with van der Waals surface area (Å²) in [5, 5.41) is 4.30. The van der Waals surface area contributed by atoms with Crippen LogP contribution in [-0.2, 0) is 7.05 Å². The van der Waals surface area contributed by atoms with Crippen molar-refractivity contribution in [3.8, 4) is 23.1 Å². The number of halogens is 2. The molecule has 0 fully saturated rings. The Bertz CT molecular complexity index is 1180. The van der Waals surface area contributed by atoms with Crippen LogP contribution < -0.4 is 0 Å². The normalized spacial score (nSPS) is 11.0. The molecule has 0 N–H and O–H groups in total. The Morgan fingerprint density at radius 1 is 1.00 bits per heavy atom. The minimum absolute atomic E-state index is 0.260. The average Bonchev–Trinajstić information content (AvgIpc) is 3.21. The van der Waals surface area contributed by atoms with Crippen LogP contribution in [0.25, 0.3) is 16.9 Å². The van der Waals surface area contributed by atoms with E-state index in [9.17, 15) is 8.78 Å². The van der Waals surface area contributed by atoms with Crippen LogP contribution in [0.1, 0.15) is 29.3 Å². The zero-order valence-electron chi connectivity index (χ0n) is 14.7. The van der Waals surface area contributed by atoms with E-state index in [1.165, 1.54) is 4.52 Å². The van der Waals surface area contributed by atoms with E-state index < -0.39 is 6.43 Å². The second-order valence-corrected chi connectivity index (χ2v) is 6.05. The van der Waals surface area contributed by atoms with Gasteiger partial charge >= 0.3 is 0 Å². The topological polar surface area (TPSA) is 48.0 Å². The van der Waals surface area contributed by atoms with E-state index in [-0.39, 0.29) is 5.69 Å². The van der Waals surface area contributed by atoms with E-state index >= 15 is 0 Å². The van der Waals surface area contributed by atoms with Gasteiger partial charge in [0.25, 0.3) is 6.43 Å². The van der Waals surface area contributed by atoms with Gasteiger partial charge in [0.2, 0.25) is 0 Å². The Balaban J connectivity index is 1.69. The number of benzene rings is 1. The van der Waals surface area contributed by atoms with Crippen molar-refractivity contribution in [2.45, 2.75) is 13.3 Å². The first kappa shape index (κ1) is 16.9. The molecule has 4 aromatic rings. The molecule has 0 saturated heterocycles. The van der Waals surface area contributed by atoms with E-state index in [1.54, 1.807) is 19.1 Å². The van der Waals surface area contributed by atoms with E-state index in [2.05, 4.69) is 26.9 Å². The number of imidazole rings is 2. The Kier molecular flexibility index (Phi) is 4.16. The van der Waals surface area contributed by atoms with Gasteiger partial charge in [0.1, 0.15) is 11.4 Å². The lowest BCUT2D eigenvalue weighted by atomic mass is 10.2. The fraction of sp³-hybridized carbons (Fsp3) is 0.150. The summed E-state index contributed by atoms with van der Waals surface area (Å²) >= 11 is 0. The fourth-order valence-electron chi connectivity index (χ4n) is 2.78. The molecule has 27 heavy (non-hydrogen) atoms. The van der Waals surface area contributed by atoms with Crippen LogP contribution in [0.5, 0.6) is 0 Å². The van der Waals surface area contributed by atoms with Gasteiger partial charge in [-0.1, -0.05) is 30.3 Å². The molecule has 0 atom stereocenters. The summed E-state index contributed by atoms with van der Waals surface area (Å²) in [5.41, 5.74) is 2.72. The van der Waals surface area contributed by atoms with Crippen LogP contribution in [0, 0.1) is 18.8 Å². The lowest BCUT2D eigenvalue weighted by Gasteiger charge is -1.97. The predicted octanol–water partition coefficient (Wildman–Crippen LogP) is 3.78. The number of rotatable bonds is 2. The molecule has 0 aliphatic rings. The third-order valence-electron chi connectivity index (χ3n) is 4.19. The van der Waals surface area contributed by atoms with Crippen molar-refractivity contribution in [3.63, 3.8) is 0 Å². The van der Waals surface area contributed by atoms with Crippen LogP contribution in [0.4, 0.5) is 8.78 Å². The van der Waals surface area contributed by atoms with Gasteiger partial charge in [-0.05, 0) is 30.9 Å². The molecular weight excluding hydrogens is 348 g/mol. The zero-order valence-corrected chi connectivity index (χ0v) is 14.7. The SMILES string of the molecule is Cc1c(C(F)F)nc2ccc(C#Cc3nc(-c4ccccc4)cn3C)nn12. The molecule has 7 heteroatoms. The third kappa shape index (κ3) is 3.17. The first-order valence-electron chi connectivity index (χ1n) is 8.28. The minimum Gasteiger partial charge on any atom is -0.327 e. The quantitative estimate of drug-likeness (QED) is 0.509. The maximum atomic E-state index is 13.0. The largest absolute Gasteiger partial charge is 0.327 e. The summed E-state index contributed by atoms with van der Waals surface area (Å²) in [6.45, 7) is 1.57. The molecule has 4 rings (SSSR count). The molecule has 1 aromatic carbocycles. The van der Waals surface area contributed by atoms with Gasteiger partial charge in [-0.3, -0.25) is 0 Å². The van der Waals surface area contributed by atoms with Crippen molar-refractivity contribution in [2.75, 3.05) is 0 Å². The monoisotopic (exact) mass is 363 g/mol. The number of aryl methyl sites for hydroxylation is 2. The molecule has 0 bridgehead atoms. The molecule has 0 saturated carbocycles. The highest BCUT2D eigenvalue weighted by Crippen LogP contribution is 2.22. The fourth-order valence-corrected chi connectivity index (χ4v) is 2.78. The van der Waals surface area contributed by atoms with Crippen LogP contribution in [-0.4, -0.2) is 24.1 Å². The zero-order chi connectivity index (χ0) is 19.0. The minimum atomic E-state index is -2.63. The summed E-state index contributed by atoms with van der Waals surface area (Å²) in [5.74, 6) is 6.52. The molecule has 0 aliphatic carbocycles. The number of aromatic nitrogens is 5. The van der Waals surface area contributed by atoms with Crippen LogP contribution in [0.3, 0.4) is 0 Å². The number of hydrogen-bond donors (Lipinski definition) is 0. The standard InChI is InChI=1S/C20H15F2N5/c1-13-19(20(21)22)24-18-11-9-15(25-27(13)18)8-10-17-23-16(12-26(17)2)14-6-4-3-5-7-14/h3-7,9,11-12,20H,1-2H3. The number of hydrogen-bond acceptors (Lipinski definition) is 3. The molecular formula is C20H15F2N5. The Labute approximate surface area is 154 Å². The van der Waals surface area contributed by atoms with E-state index in [4.69, 9.17) is 0 Å².